The van der Waals surface area contributed by atoms with E-state index in [4.69, 9.17) is 4.98 Å². The lowest BCUT2D eigenvalue weighted by molar-refractivity contribution is 0.244. The van der Waals surface area contributed by atoms with E-state index in [0.717, 1.165) is 34.8 Å². The number of aromatic nitrogens is 1. The minimum atomic E-state index is -0.116. The van der Waals surface area contributed by atoms with Crippen LogP contribution in [0.4, 0.5) is 10.5 Å². The van der Waals surface area contributed by atoms with Crippen LogP contribution in [0.1, 0.15) is 37.7 Å². The van der Waals surface area contributed by atoms with Crippen LogP contribution in [0, 0.1) is 6.92 Å². The summed E-state index contributed by atoms with van der Waals surface area (Å²) in [5.41, 5.74) is 5.21. The summed E-state index contributed by atoms with van der Waals surface area (Å²) in [7, 11) is 0. The van der Waals surface area contributed by atoms with Crippen molar-refractivity contribution in [2.24, 2.45) is 0 Å². The van der Waals surface area contributed by atoms with Gasteiger partial charge >= 0.3 is 6.03 Å². The van der Waals surface area contributed by atoms with Crippen molar-refractivity contribution in [1.82, 2.24) is 10.3 Å². The Morgan fingerprint density at radius 1 is 1.04 bits per heavy atom. The molecule has 4 rings (SSSR count). The first-order chi connectivity index (χ1) is 13.7. The molecule has 1 fully saturated rings. The van der Waals surface area contributed by atoms with Crippen molar-refractivity contribution in [3.8, 4) is 21.8 Å². The Balaban J connectivity index is 1.41. The summed E-state index contributed by atoms with van der Waals surface area (Å²) in [6.45, 7) is 2.11. The third-order valence-electron chi connectivity index (χ3n) is 5.26. The normalized spacial score (nSPS) is 14.6. The monoisotopic (exact) mass is 391 g/mol. The van der Waals surface area contributed by atoms with Gasteiger partial charge in [0.25, 0.3) is 0 Å². The molecule has 144 valence electrons. The highest BCUT2D eigenvalue weighted by molar-refractivity contribution is 7.13. The largest absolute Gasteiger partial charge is 0.335 e. The molecule has 0 atom stereocenters. The number of nitrogens with one attached hydrogen (secondary N) is 2. The SMILES string of the molecule is Cc1ccccc1-c1nc(-c2ccc(NC(=O)NC3CCCCC3)cc2)cs1. The van der Waals surface area contributed by atoms with E-state index in [-0.39, 0.29) is 6.03 Å². The highest BCUT2D eigenvalue weighted by atomic mass is 32.1. The van der Waals surface area contributed by atoms with Gasteiger partial charge in [0.2, 0.25) is 0 Å². The number of hydrogen-bond donors (Lipinski definition) is 2. The summed E-state index contributed by atoms with van der Waals surface area (Å²) in [6.07, 6.45) is 5.86. The smallest absolute Gasteiger partial charge is 0.319 e. The molecule has 0 radical (unpaired) electrons. The van der Waals surface area contributed by atoms with E-state index < -0.39 is 0 Å². The Labute approximate surface area is 170 Å². The predicted octanol–water partition coefficient (Wildman–Crippen LogP) is 6.24. The van der Waals surface area contributed by atoms with E-state index in [9.17, 15) is 4.79 Å². The van der Waals surface area contributed by atoms with Gasteiger partial charge in [0, 0.05) is 28.2 Å². The summed E-state index contributed by atoms with van der Waals surface area (Å²) in [5.74, 6) is 0. The average Bonchev–Trinajstić information content (AvgIpc) is 3.19. The summed E-state index contributed by atoms with van der Waals surface area (Å²) < 4.78 is 0. The fourth-order valence-electron chi connectivity index (χ4n) is 3.67. The zero-order valence-corrected chi connectivity index (χ0v) is 16.9. The third kappa shape index (κ3) is 4.42. The summed E-state index contributed by atoms with van der Waals surface area (Å²) in [6, 6.07) is 16.4. The van der Waals surface area contributed by atoms with Crippen molar-refractivity contribution in [3.63, 3.8) is 0 Å². The van der Waals surface area contributed by atoms with Crippen LogP contribution in [0.2, 0.25) is 0 Å². The van der Waals surface area contributed by atoms with Gasteiger partial charge in [-0.2, -0.15) is 0 Å². The number of thiazole rings is 1. The number of carbonyl (C=O) groups is 1. The van der Waals surface area contributed by atoms with Crippen LogP contribution < -0.4 is 10.6 Å². The van der Waals surface area contributed by atoms with E-state index in [0.29, 0.717) is 6.04 Å². The molecule has 0 bridgehead atoms. The molecule has 3 aromatic rings. The number of rotatable bonds is 4. The minimum absolute atomic E-state index is 0.116. The Hall–Kier alpha value is -2.66. The molecule has 5 heteroatoms. The Bertz CT molecular complexity index is 942. The van der Waals surface area contributed by atoms with Gasteiger partial charge in [-0.15, -0.1) is 11.3 Å². The minimum Gasteiger partial charge on any atom is -0.335 e. The average molecular weight is 392 g/mol. The highest BCUT2D eigenvalue weighted by Gasteiger charge is 2.15. The van der Waals surface area contributed by atoms with Crippen LogP contribution in [0.25, 0.3) is 21.8 Å². The predicted molar refractivity (Wildman–Crippen MR) is 117 cm³/mol. The topological polar surface area (TPSA) is 54.0 Å². The van der Waals surface area contributed by atoms with Gasteiger partial charge in [0.05, 0.1) is 5.69 Å². The number of urea groups is 1. The number of anilines is 1. The van der Waals surface area contributed by atoms with Gasteiger partial charge < -0.3 is 10.6 Å². The van der Waals surface area contributed by atoms with E-state index in [1.54, 1.807) is 11.3 Å². The Kier molecular flexibility index (Phi) is 5.72. The first-order valence-corrected chi connectivity index (χ1v) is 10.8. The molecule has 28 heavy (non-hydrogen) atoms. The number of carbonyl (C=O) groups excluding carboxylic acids is 1. The van der Waals surface area contributed by atoms with Gasteiger partial charge in [-0.3, -0.25) is 0 Å². The lowest BCUT2D eigenvalue weighted by atomic mass is 9.96. The highest BCUT2D eigenvalue weighted by Crippen LogP contribution is 2.31. The lowest BCUT2D eigenvalue weighted by Gasteiger charge is -2.22. The molecular formula is C23H25N3OS. The molecule has 4 nitrogen and oxygen atoms in total. The van der Waals surface area contributed by atoms with Crippen LogP contribution in [-0.4, -0.2) is 17.1 Å². The second-order valence-corrected chi connectivity index (χ2v) is 8.22. The van der Waals surface area contributed by atoms with Crippen molar-refractivity contribution in [1.29, 1.82) is 0 Å². The van der Waals surface area contributed by atoms with E-state index >= 15 is 0 Å². The number of aryl methyl sites for hydroxylation is 1. The molecule has 0 saturated heterocycles. The molecule has 0 unspecified atom stereocenters. The zero-order valence-electron chi connectivity index (χ0n) is 16.1. The quantitative estimate of drug-likeness (QED) is 0.553. The van der Waals surface area contributed by atoms with Crippen LogP contribution in [0.15, 0.2) is 53.9 Å². The van der Waals surface area contributed by atoms with Gasteiger partial charge in [-0.05, 0) is 37.5 Å². The molecule has 1 saturated carbocycles. The first-order valence-electron chi connectivity index (χ1n) is 9.88. The standard InChI is InChI=1S/C23H25N3OS/c1-16-7-5-6-10-20(16)22-26-21(15-28-22)17-11-13-19(14-12-17)25-23(27)24-18-8-3-2-4-9-18/h5-7,10-15,18H,2-4,8-9H2,1H3,(H2,24,25,27). The van der Waals surface area contributed by atoms with Gasteiger partial charge in [-0.25, -0.2) is 9.78 Å². The molecule has 1 aliphatic carbocycles. The Morgan fingerprint density at radius 2 is 1.79 bits per heavy atom. The fraction of sp³-hybridized carbons (Fsp3) is 0.304. The number of amides is 2. The number of nitrogens with zero attached hydrogens (tertiary/aromatic N) is 1. The van der Waals surface area contributed by atoms with Crippen LogP contribution in [0.5, 0.6) is 0 Å². The number of benzene rings is 2. The van der Waals surface area contributed by atoms with Crippen LogP contribution in [-0.2, 0) is 0 Å². The maximum absolute atomic E-state index is 12.2. The molecule has 2 N–H and O–H groups in total. The van der Waals surface area contributed by atoms with Crippen LogP contribution in [0.3, 0.4) is 0 Å². The van der Waals surface area contributed by atoms with Crippen molar-refractivity contribution >= 4 is 23.1 Å². The maximum Gasteiger partial charge on any atom is 0.319 e. The molecule has 0 spiro atoms. The van der Waals surface area contributed by atoms with Crippen molar-refractivity contribution in [2.75, 3.05) is 5.32 Å². The van der Waals surface area contributed by atoms with Gasteiger partial charge in [0.15, 0.2) is 0 Å². The fourth-order valence-corrected chi connectivity index (χ4v) is 4.59. The zero-order chi connectivity index (χ0) is 19.3. The second-order valence-electron chi connectivity index (χ2n) is 7.36. The van der Waals surface area contributed by atoms with Crippen molar-refractivity contribution < 1.29 is 4.79 Å². The first kappa shape index (κ1) is 18.7. The second kappa shape index (κ2) is 8.57. The summed E-state index contributed by atoms with van der Waals surface area (Å²) in [4.78, 5) is 17.0. The van der Waals surface area contributed by atoms with Crippen molar-refractivity contribution in [2.45, 2.75) is 45.1 Å². The lowest BCUT2D eigenvalue weighted by Crippen LogP contribution is -2.38. The van der Waals surface area contributed by atoms with Crippen molar-refractivity contribution in [3.05, 3.63) is 59.5 Å². The molecule has 1 aliphatic rings. The molecule has 0 aliphatic heterocycles. The molecule has 2 amide bonds. The molecule has 1 aromatic heterocycles. The summed E-state index contributed by atoms with van der Waals surface area (Å²) >= 11 is 1.66. The van der Waals surface area contributed by atoms with E-state index in [1.165, 1.54) is 30.4 Å². The maximum atomic E-state index is 12.2. The molecule has 1 heterocycles. The van der Waals surface area contributed by atoms with Gasteiger partial charge in [0.1, 0.15) is 5.01 Å². The van der Waals surface area contributed by atoms with Gasteiger partial charge in [-0.1, -0.05) is 55.7 Å². The number of hydrogen-bond acceptors (Lipinski definition) is 3. The van der Waals surface area contributed by atoms with Crippen LogP contribution >= 0.6 is 11.3 Å². The summed E-state index contributed by atoms with van der Waals surface area (Å²) in [5, 5.41) is 9.13. The molecule has 2 aromatic carbocycles. The molecular weight excluding hydrogens is 366 g/mol. The van der Waals surface area contributed by atoms with E-state index in [1.807, 2.05) is 36.4 Å². The third-order valence-corrected chi connectivity index (χ3v) is 6.13. The Morgan fingerprint density at radius 3 is 2.54 bits per heavy atom. The van der Waals surface area contributed by atoms with E-state index in [2.05, 4.69) is 35.1 Å².